The summed E-state index contributed by atoms with van der Waals surface area (Å²) in [6.45, 7) is 1.39. The molecule has 6 heteroatoms. The normalized spacial score (nSPS) is 13.8. The van der Waals surface area contributed by atoms with E-state index in [1.54, 1.807) is 6.07 Å². The Balaban J connectivity index is 2.74. The van der Waals surface area contributed by atoms with Gasteiger partial charge in [0.2, 0.25) is 0 Å². The number of alkyl halides is 3. The molecule has 0 bridgehead atoms. The van der Waals surface area contributed by atoms with Crippen LogP contribution in [0.1, 0.15) is 24.0 Å². The van der Waals surface area contributed by atoms with Crippen molar-refractivity contribution in [1.82, 2.24) is 0 Å². The zero-order valence-electron chi connectivity index (χ0n) is 9.28. The fourth-order valence-electron chi connectivity index (χ4n) is 1.80. The standard InChI is InChI=1S/C12H9F3O2S/c1-6(11(16)17)7-5-18-9-4-2-3-8(10(7)9)12(13,14)15/h2-6H,1H3,(H,16,17). The van der Waals surface area contributed by atoms with Crippen LogP contribution in [-0.2, 0) is 11.0 Å². The van der Waals surface area contributed by atoms with Gasteiger partial charge in [0.15, 0.2) is 0 Å². The minimum Gasteiger partial charge on any atom is -0.481 e. The molecule has 0 saturated carbocycles. The van der Waals surface area contributed by atoms with Crippen LogP contribution in [0.5, 0.6) is 0 Å². The third-order valence-corrected chi connectivity index (χ3v) is 3.74. The molecule has 1 N–H and O–H groups in total. The molecule has 0 aliphatic carbocycles. The highest BCUT2D eigenvalue weighted by atomic mass is 32.1. The molecule has 0 aliphatic heterocycles. The first-order valence-corrected chi connectivity index (χ1v) is 6.00. The van der Waals surface area contributed by atoms with E-state index in [2.05, 4.69) is 0 Å². The largest absolute Gasteiger partial charge is 0.481 e. The fourth-order valence-corrected chi connectivity index (χ4v) is 2.88. The van der Waals surface area contributed by atoms with Crippen LogP contribution in [0.3, 0.4) is 0 Å². The van der Waals surface area contributed by atoms with Gasteiger partial charge in [-0.2, -0.15) is 13.2 Å². The predicted molar refractivity (Wildman–Crippen MR) is 62.9 cm³/mol. The molecule has 18 heavy (non-hydrogen) atoms. The highest BCUT2D eigenvalue weighted by molar-refractivity contribution is 7.17. The first kappa shape index (κ1) is 12.9. The molecule has 0 saturated heterocycles. The summed E-state index contributed by atoms with van der Waals surface area (Å²) in [5.41, 5.74) is -0.556. The van der Waals surface area contributed by atoms with Crippen molar-refractivity contribution in [2.75, 3.05) is 0 Å². The van der Waals surface area contributed by atoms with Crippen LogP contribution in [0.15, 0.2) is 23.6 Å². The maximum Gasteiger partial charge on any atom is 0.417 e. The van der Waals surface area contributed by atoms with Crippen molar-refractivity contribution in [3.05, 3.63) is 34.7 Å². The van der Waals surface area contributed by atoms with E-state index in [-0.39, 0.29) is 10.9 Å². The maximum atomic E-state index is 12.9. The molecular formula is C12H9F3O2S. The van der Waals surface area contributed by atoms with Gasteiger partial charge < -0.3 is 5.11 Å². The van der Waals surface area contributed by atoms with Crippen molar-refractivity contribution in [2.45, 2.75) is 19.0 Å². The lowest BCUT2D eigenvalue weighted by molar-refractivity contribution is -0.139. The second kappa shape index (κ2) is 4.28. The molecular weight excluding hydrogens is 265 g/mol. The summed E-state index contributed by atoms with van der Waals surface area (Å²) in [7, 11) is 0. The van der Waals surface area contributed by atoms with Gasteiger partial charge >= 0.3 is 12.1 Å². The van der Waals surface area contributed by atoms with Crippen molar-refractivity contribution in [3.63, 3.8) is 0 Å². The number of carboxylic acids is 1. The molecule has 1 atom stereocenters. The highest BCUT2D eigenvalue weighted by Gasteiger charge is 2.34. The van der Waals surface area contributed by atoms with Crippen LogP contribution >= 0.6 is 11.3 Å². The van der Waals surface area contributed by atoms with Crippen molar-refractivity contribution in [1.29, 1.82) is 0 Å². The molecule has 0 spiro atoms. The Morgan fingerprint density at radius 3 is 2.61 bits per heavy atom. The van der Waals surface area contributed by atoms with Crippen LogP contribution in [-0.4, -0.2) is 11.1 Å². The summed E-state index contributed by atoms with van der Waals surface area (Å²) in [5.74, 6) is -2.09. The predicted octanol–water partition coefficient (Wildman–Crippen LogP) is 4.11. The summed E-state index contributed by atoms with van der Waals surface area (Å²) >= 11 is 1.13. The molecule has 96 valence electrons. The molecule has 1 unspecified atom stereocenters. The minimum atomic E-state index is -4.48. The van der Waals surface area contributed by atoms with E-state index < -0.39 is 23.6 Å². The molecule has 2 nitrogen and oxygen atoms in total. The van der Waals surface area contributed by atoms with Crippen molar-refractivity contribution in [2.24, 2.45) is 0 Å². The monoisotopic (exact) mass is 274 g/mol. The summed E-state index contributed by atoms with van der Waals surface area (Å²) in [5, 5.41) is 10.4. The molecule has 0 aliphatic rings. The summed E-state index contributed by atoms with van der Waals surface area (Å²) < 4.78 is 39.1. The van der Waals surface area contributed by atoms with Gasteiger partial charge in [-0.25, -0.2) is 0 Å². The average molecular weight is 274 g/mol. The number of fused-ring (bicyclic) bond motifs is 1. The number of carboxylic acid groups (broad SMARTS) is 1. The average Bonchev–Trinajstić information content (AvgIpc) is 2.69. The Morgan fingerprint density at radius 1 is 1.39 bits per heavy atom. The lowest BCUT2D eigenvalue weighted by atomic mass is 9.97. The van der Waals surface area contributed by atoms with Crippen LogP contribution in [0, 0.1) is 0 Å². The number of aliphatic carboxylic acids is 1. The van der Waals surface area contributed by atoms with Crippen LogP contribution in [0.2, 0.25) is 0 Å². The zero-order chi connectivity index (χ0) is 13.5. The van der Waals surface area contributed by atoms with E-state index in [4.69, 9.17) is 5.11 Å². The molecule has 1 aromatic carbocycles. The summed E-state index contributed by atoms with van der Waals surface area (Å²) in [6.07, 6.45) is -4.48. The first-order valence-electron chi connectivity index (χ1n) is 5.12. The van der Waals surface area contributed by atoms with E-state index in [9.17, 15) is 18.0 Å². The number of hydrogen-bond acceptors (Lipinski definition) is 2. The molecule has 0 fully saturated rings. The summed E-state index contributed by atoms with van der Waals surface area (Å²) in [4.78, 5) is 10.9. The molecule has 2 aromatic rings. The van der Waals surface area contributed by atoms with Crippen LogP contribution < -0.4 is 0 Å². The smallest absolute Gasteiger partial charge is 0.417 e. The van der Waals surface area contributed by atoms with E-state index in [1.165, 1.54) is 18.4 Å². The molecule has 1 heterocycles. The lowest BCUT2D eigenvalue weighted by Crippen LogP contribution is -2.10. The van der Waals surface area contributed by atoms with E-state index in [1.807, 2.05) is 0 Å². The SMILES string of the molecule is CC(C(=O)O)c1csc2cccc(C(F)(F)F)c12. The molecule has 0 radical (unpaired) electrons. The lowest BCUT2D eigenvalue weighted by Gasteiger charge is -2.11. The number of benzene rings is 1. The Hall–Kier alpha value is -1.56. The quantitative estimate of drug-likeness (QED) is 0.894. The van der Waals surface area contributed by atoms with Crippen molar-refractivity contribution < 1.29 is 23.1 Å². The van der Waals surface area contributed by atoms with Gasteiger partial charge in [-0.05, 0) is 30.0 Å². The van der Waals surface area contributed by atoms with Gasteiger partial charge in [-0.3, -0.25) is 4.79 Å². The van der Waals surface area contributed by atoms with Gasteiger partial charge in [0, 0.05) is 10.1 Å². The molecule has 0 amide bonds. The third-order valence-electron chi connectivity index (χ3n) is 2.77. The Labute approximate surface area is 105 Å². The fraction of sp³-hybridized carbons (Fsp3) is 0.250. The Kier molecular flexibility index (Phi) is 3.06. The maximum absolute atomic E-state index is 12.9. The first-order chi connectivity index (χ1) is 8.32. The van der Waals surface area contributed by atoms with E-state index >= 15 is 0 Å². The second-order valence-corrected chi connectivity index (χ2v) is 4.84. The molecule has 2 rings (SSSR count). The third kappa shape index (κ3) is 2.08. The topological polar surface area (TPSA) is 37.3 Å². The number of hydrogen-bond donors (Lipinski definition) is 1. The van der Waals surface area contributed by atoms with Crippen LogP contribution in [0.4, 0.5) is 13.2 Å². The Bertz CT molecular complexity index is 601. The highest BCUT2D eigenvalue weighted by Crippen LogP contribution is 2.40. The van der Waals surface area contributed by atoms with Gasteiger partial charge in [-0.15, -0.1) is 11.3 Å². The summed E-state index contributed by atoms with van der Waals surface area (Å²) in [6, 6.07) is 3.87. The second-order valence-electron chi connectivity index (χ2n) is 3.93. The van der Waals surface area contributed by atoms with Gasteiger partial charge in [0.25, 0.3) is 0 Å². The number of thiophene rings is 1. The van der Waals surface area contributed by atoms with E-state index in [0.717, 1.165) is 17.4 Å². The van der Waals surface area contributed by atoms with Gasteiger partial charge in [0.05, 0.1) is 11.5 Å². The van der Waals surface area contributed by atoms with Crippen LogP contribution in [0.25, 0.3) is 10.1 Å². The number of rotatable bonds is 2. The Morgan fingerprint density at radius 2 is 2.06 bits per heavy atom. The minimum absolute atomic E-state index is 0.00454. The van der Waals surface area contributed by atoms with Crippen molar-refractivity contribution in [3.8, 4) is 0 Å². The molecule has 1 aromatic heterocycles. The number of halogens is 3. The van der Waals surface area contributed by atoms with Gasteiger partial charge in [0.1, 0.15) is 0 Å². The van der Waals surface area contributed by atoms with E-state index in [0.29, 0.717) is 4.70 Å². The van der Waals surface area contributed by atoms with Gasteiger partial charge in [-0.1, -0.05) is 6.07 Å². The number of carbonyl (C=O) groups is 1. The zero-order valence-corrected chi connectivity index (χ0v) is 10.1. The van der Waals surface area contributed by atoms with Crippen molar-refractivity contribution >= 4 is 27.4 Å².